The Kier molecular flexibility index (Phi) is 4.86. The number of ether oxygens (including phenoxy) is 2. The number of fused-ring (bicyclic) bond motifs is 8. The van der Waals surface area contributed by atoms with Crippen LogP contribution >= 0.6 is 0 Å². The van der Waals surface area contributed by atoms with Gasteiger partial charge < -0.3 is 9.47 Å². The molecule has 6 rings (SSSR count). The van der Waals surface area contributed by atoms with Crippen molar-refractivity contribution in [1.82, 2.24) is 0 Å². The van der Waals surface area contributed by atoms with E-state index in [1.807, 2.05) is 0 Å². The van der Waals surface area contributed by atoms with Crippen LogP contribution in [0, 0.1) is 56.7 Å². The van der Waals surface area contributed by atoms with Crippen molar-refractivity contribution >= 4 is 11.8 Å². The van der Waals surface area contributed by atoms with Gasteiger partial charge in [-0.1, -0.05) is 54.0 Å². The highest BCUT2D eigenvalue weighted by Gasteiger charge is 2.74. The number of carbonyl (C=O) groups excluding carboxylic acids is 2. The molecule has 11 atom stereocenters. The van der Waals surface area contributed by atoms with Crippen LogP contribution in [-0.2, 0) is 19.1 Å². The van der Waals surface area contributed by atoms with Gasteiger partial charge in [0.2, 0.25) is 0 Å². The monoisotopic (exact) mass is 482 g/mol. The second-order valence-electron chi connectivity index (χ2n) is 14.9. The summed E-state index contributed by atoms with van der Waals surface area (Å²) in [5.74, 6) is 1.81. The van der Waals surface area contributed by atoms with Crippen molar-refractivity contribution in [2.24, 2.45) is 56.7 Å². The molecule has 0 N–H and O–H groups in total. The van der Waals surface area contributed by atoms with E-state index in [0.717, 1.165) is 44.9 Å². The second-order valence-corrected chi connectivity index (χ2v) is 14.9. The topological polar surface area (TPSA) is 55.9 Å². The summed E-state index contributed by atoms with van der Waals surface area (Å²) < 4.78 is 11.7. The summed E-state index contributed by atoms with van der Waals surface area (Å²) in [4.78, 5) is 27.8. The Balaban J connectivity index is 1.50. The molecule has 6 aliphatic rings. The van der Waals surface area contributed by atoms with E-state index in [4.69, 9.17) is 9.47 Å². The van der Waals surface area contributed by atoms with Crippen LogP contribution in [0.1, 0.15) is 93.4 Å². The lowest BCUT2D eigenvalue weighted by Crippen LogP contribution is -2.67. The number of hydrogen-bond donors (Lipinski definition) is 0. The SMILES string of the molecule is COC(=O)[C@]12CC[C@@H](C)[C@H](C)C1C1=CC(=O)C3[C@@]4(C)CC5OC5C(C)(C)C4CC[C@@]3(C)[C@]1(C)CC2. The Morgan fingerprint density at radius 1 is 1.03 bits per heavy atom. The second kappa shape index (κ2) is 7.03. The highest BCUT2D eigenvalue weighted by atomic mass is 16.6. The maximum atomic E-state index is 14.4. The van der Waals surface area contributed by atoms with E-state index in [0.29, 0.717) is 35.7 Å². The number of esters is 1. The number of rotatable bonds is 1. The van der Waals surface area contributed by atoms with Gasteiger partial charge in [0.25, 0.3) is 0 Å². The van der Waals surface area contributed by atoms with Gasteiger partial charge >= 0.3 is 5.97 Å². The zero-order chi connectivity index (χ0) is 25.3. The fourth-order valence-electron chi connectivity index (χ4n) is 11.3. The van der Waals surface area contributed by atoms with Crippen LogP contribution in [0.4, 0.5) is 0 Å². The first kappa shape index (κ1) is 24.2. The van der Waals surface area contributed by atoms with Gasteiger partial charge in [0, 0.05) is 5.92 Å². The Hall–Kier alpha value is -1.16. The summed E-state index contributed by atoms with van der Waals surface area (Å²) in [6, 6.07) is 0. The average molecular weight is 483 g/mol. The molecule has 0 amide bonds. The van der Waals surface area contributed by atoms with Crippen molar-refractivity contribution in [3.8, 4) is 0 Å². The van der Waals surface area contributed by atoms with Crippen molar-refractivity contribution in [1.29, 1.82) is 0 Å². The fraction of sp³-hybridized carbons (Fsp3) is 0.871. The molecule has 0 aromatic heterocycles. The third-order valence-corrected chi connectivity index (χ3v) is 13.4. The number of epoxide rings is 1. The van der Waals surface area contributed by atoms with Crippen molar-refractivity contribution in [3.63, 3.8) is 0 Å². The van der Waals surface area contributed by atoms with Gasteiger partial charge in [-0.2, -0.15) is 0 Å². The number of ketones is 1. The minimum Gasteiger partial charge on any atom is -0.469 e. The van der Waals surface area contributed by atoms with Gasteiger partial charge in [-0.15, -0.1) is 0 Å². The molecule has 194 valence electrons. The van der Waals surface area contributed by atoms with Crippen molar-refractivity contribution < 1.29 is 19.1 Å². The molecule has 1 aliphatic heterocycles. The standard InChI is InChI=1S/C31H46O4/c1-17-9-12-31(26(33)34-8)14-13-29(6)19(23(31)18(17)2)15-20(32)24-28(5)16-21-25(35-21)27(3,4)22(28)10-11-30(24,29)7/h15,17-18,21-25H,9-14,16H2,1-8H3/t17-,18+,21?,22?,23?,24?,25?,28+,29-,30-,31+/m1/s1. The number of methoxy groups -OCH3 is 1. The lowest BCUT2D eigenvalue weighted by Gasteiger charge is -2.69. The molecule has 4 heteroatoms. The van der Waals surface area contributed by atoms with Crippen LogP contribution in [0.3, 0.4) is 0 Å². The minimum atomic E-state index is -0.474. The Labute approximate surface area is 212 Å². The highest BCUT2D eigenvalue weighted by molar-refractivity contribution is 5.96. The molecular weight excluding hydrogens is 436 g/mol. The zero-order valence-corrected chi connectivity index (χ0v) is 23.2. The van der Waals surface area contributed by atoms with Gasteiger partial charge in [-0.3, -0.25) is 9.59 Å². The molecule has 5 unspecified atom stereocenters. The van der Waals surface area contributed by atoms with Gasteiger partial charge in [-0.25, -0.2) is 0 Å². The first-order valence-electron chi connectivity index (χ1n) is 14.3. The Morgan fingerprint density at radius 2 is 1.74 bits per heavy atom. The van der Waals surface area contributed by atoms with E-state index >= 15 is 0 Å². The van der Waals surface area contributed by atoms with E-state index in [1.54, 1.807) is 7.11 Å². The van der Waals surface area contributed by atoms with Crippen LogP contribution in [0.15, 0.2) is 11.6 Å². The third-order valence-electron chi connectivity index (χ3n) is 13.4. The molecule has 0 bridgehead atoms. The van der Waals surface area contributed by atoms with E-state index in [9.17, 15) is 9.59 Å². The molecule has 0 aromatic rings. The molecule has 5 fully saturated rings. The number of carbonyl (C=O) groups is 2. The first-order valence-corrected chi connectivity index (χ1v) is 14.3. The molecular formula is C31H46O4. The summed E-state index contributed by atoms with van der Waals surface area (Å²) >= 11 is 0. The van der Waals surface area contributed by atoms with Gasteiger partial charge in [-0.05, 0) is 96.4 Å². The maximum absolute atomic E-state index is 14.4. The van der Waals surface area contributed by atoms with E-state index in [2.05, 4.69) is 54.5 Å². The molecule has 4 saturated carbocycles. The quantitative estimate of drug-likeness (QED) is 0.322. The van der Waals surface area contributed by atoms with Gasteiger partial charge in [0.05, 0.1) is 24.7 Å². The molecule has 1 heterocycles. The van der Waals surface area contributed by atoms with Crippen LogP contribution < -0.4 is 0 Å². The normalized spacial score (nSPS) is 55.8. The van der Waals surface area contributed by atoms with E-state index < -0.39 is 5.41 Å². The smallest absolute Gasteiger partial charge is 0.312 e. The molecule has 0 aromatic carbocycles. The lowest BCUT2D eigenvalue weighted by molar-refractivity contribution is -0.189. The lowest BCUT2D eigenvalue weighted by atomic mass is 9.33. The highest BCUT2D eigenvalue weighted by Crippen LogP contribution is 2.76. The summed E-state index contributed by atoms with van der Waals surface area (Å²) in [5, 5.41) is 0. The van der Waals surface area contributed by atoms with Crippen LogP contribution in [0.2, 0.25) is 0 Å². The van der Waals surface area contributed by atoms with E-state index in [-0.39, 0.29) is 39.5 Å². The zero-order valence-electron chi connectivity index (χ0n) is 23.2. The number of hydrogen-bond acceptors (Lipinski definition) is 4. The predicted octanol–water partition coefficient (Wildman–Crippen LogP) is 6.37. The van der Waals surface area contributed by atoms with Crippen LogP contribution in [0.5, 0.6) is 0 Å². The van der Waals surface area contributed by atoms with E-state index in [1.165, 1.54) is 5.57 Å². The third kappa shape index (κ3) is 2.69. The van der Waals surface area contributed by atoms with Gasteiger partial charge in [0.1, 0.15) is 0 Å². The molecule has 0 spiro atoms. The van der Waals surface area contributed by atoms with Crippen molar-refractivity contribution in [2.45, 2.75) is 106 Å². The summed E-state index contributed by atoms with van der Waals surface area (Å²) in [6.07, 6.45) is 9.81. The first-order chi connectivity index (χ1) is 16.3. The molecule has 4 nitrogen and oxygen atoms in total. The predicted molar refractivity (Wildman–Crippen MR) is 135 cm³/mol. The Morgan fingerprint density at radius 3 is 2.43 bits per heavy atom. The molecule has 0 radical (unpaired) electrons. The summed E-state index contributed by atoms with van der Waals surface area (Å²) in [6.45, 7) is 16.7. The fourth-order valence-corrected chi connectivity index (χ4v) is 11.3. The molecule has 35 heavy (non-hydrogen) atoms. The minimum absolute atomic E-state index is 0.0221. The summed E-state index contributed by atoms with van der Waals surface area (Å²) in [5.41, 5.74) is 0.717. The van der Waals surface area contributed by atoms with Gasteiger partial charge in [0.15, 0.2) is 5.78 Å². The van der Waals surface area contributed by atoms with Crippen LogP contribution in [0.25, 0.3) is 0 Å². The largest absolute Gasteiger partial charge is 0.469 e. The Bertz CT molecular complexity index is 1010. The average Bonchev–Trinajstić information content (AvgIpc) is 3.56. The molecule has 5 aliphatic carbocycles. The van der Waals surface area contributed by atoms with Crippen molar-refractivity contribution in [3.05, 3.63) is 11.6 Å². The molecule has 1 saturated heterocycles. The summed E-state index contributed by atoms with van der Waals surface area (Å²) in [7, 11) is 1.54. The van der Waals surface area contributed by atoms with Crippen molar-refractivity contribution in [2.75, 3.05) is 7.11 Å². The number of allylic oxidation sites excluding steroid dienone is 2. The van der Waals surface area contributed by atoms with Crippen LogP contribution in [-0.4, -0.2) is 31.1 Å². The maximum Gasteiger partial charge on any atom is 0.312 e.